The third-order valence-electron chi connectivity index (χ3n) is 3.06. The van der Waals surface area contributed by atoms with Gasteiger partial charge in [0.25, 0.3) is 0 Å². The van der Waals surface area contributed by atoms with Crippen molar-refractivity contribution in [1.82, 2.24) is 5.43 Å². The van der Waals surface area contributed by atoms with E-state index in [2.05, 4.69) is 26.5 Å². The number of hydrogen-bond donors (Lipinski definition) is 2. The van der Waals surface area contributed by atoms with Crippen molar-refractivity contribution in [3.8, 4) is 5.75 Å². The number of aryl methyl sites for hydroxylation is 1. The zero-order valence-corrected chi connectivity index (χ0v) is 14.0. The quantitative estimate of drug-likeness (QED) is 0.597. The van der Waals surface area contributed by atoms with Crippen LogP contribution in [0.4, 0.5) is 0 Å². The molecule has 0 aliphatic rings. The number of phenols is 1. The van der Waals surface area contributed by atoms with Gasteiger partial charge in [-0.1, -0.05) is 42.5 Å². The summed E-state index contributed by atoms with van der Waals surface area (Å²) in [5.41, 5.74) is 4.53. The highest BCUT2D eigenvalue weighted by atomic mass is 79.9. The molecule has 0 atom stereocenters. The normalized spacial score (nSPS) is 11.6. The predicted molar refractivity (Wildman–Crippen MR) is 96.4 cm³/mol. The summed E-state index contributed by atoms with van der Waals surface area (Å²) < 4.78 is 0.766. The minimum absolute atomic E-state index is 0.158. The topological polar surface area (TPSA) is 61.7 Å². The molecule has 0 aromatic heterocycles. The lowest BCUT2D eigenvalue weighted by Crippen LogP contribution is -2.17. The summed E-state index contributed by atoms with van der Waals surface area (Å²) in [4.78, 5) is 11.7. The van der Waals surface area contributed by atoms with Crippen LogP contribution in [0.5, 0.6) is 5.75 Å². The van der Waals surface area contributed by atoms with Crippen molar-refractivity contribution >= 4 is 34.1 Å². The van der Waals surface area contributed by atoms with Gasteiger partial charge in [0.05, 0.1) is 6.21 Å². The van der Waals surface area contributed by atoms with Gasteiger partial charge in [-0.3, -0.25) is 4.79 Å². The Morgan fingerprint density at radius 1 is 1.13 bits per heavy atom. The van der Waals surface area contributed by atoms with E-state index in [1.54, 1.807) is 30.5 Å². The Balaban J connectivity index is 1.77. The fourth-order valence-corrected chi connectivity index (χ4v) is 2.25. The number of hydrazone groups is 1. The molecule has 0 heterocycles. The van der Waals surface area contributed by atoms with Crippen LogP contribution in [0.3, 0.4) is 0 Å². The van der Waals surface area contributed by atoms with Gasteiger partial charge in [0.2, 0.25) is 5.91 Å². The maximum Gasteiger partial charge on any atom is 0.240 e. The van der Waals surface area contributed by atoms with Crippen molar-refractivity contribution in [2.24, 2.45) is 5.10 Å². The molecule has 4 nitrogen and oxygen atoms in total. The molecule has 2 rings (SSSR count). The molecule has 0 bridgehead atoms. The molecule has 0 unspecified atom stereocenters. The summed E-state index contributed by atoms with van der Waals surface area (Å²) in [6.07, 6.45) is 4.39. The third-order valence-corrected chi connectivity index (χ3v) is 3.49. The molecule has 23 heavy (non-hydrogen) atoms. The number of nitrogens with zero attached hydrogens (tertiary/aromatic N) is 1. The molecule has 0 saturated heterocycles. The number of hydrogen-bond acceptors (Lipinski definition) is 3. The van der Waals surface area contributed by atoms with E-state index in [0.717, 1.165) is 15.6 Å². The van der Waals surface area contributed by atoms with Crippen LogP contribution in [0.25, 0.3) is 6.08 Å². The maximum absolute atomic E-state index is 11.7. The van der Waals surface area contributed by atoms with E-state index in [-0.39, 0.29) is 11.7 Å². The first-order valence-electron chi connectivity index (χ1n) is 7.15. The van der Waals surface area contributed by atoms with Gasteiger partial charge in [0.15, 0.2) is 0 Å². The second-order valence-corrected chi connectivity index (χ2v) is 5.82. The van der Waals surface area contributed by atoms with E-state index >= 15 is 0 Å². The standard InChI is InChI=1S/C18H17BrN2O2/c19-16(12-15-4-2-1-3-5-15)13-20-21-18(23)11-8-14-6-9-17(22)10-7-14/h1-7,9-10,12-13,22H,8,11H2,(H,21,23). The summed E-state index contributed by atoms with van der Waals surface area (Å²) in [6, 6.07) is 16.6. The smallest absolute Gasteiger partial charge is 0.240 e. The SMILES string of the molecule is O=C(CCc1ccc(O)cc1)NN=CC(Br)=Cc1ccccc1. The molecule has 1 amide bonds. The van der Waals surface area contributed by atoms with Gasteiger partial charge in [-0.05, 0) is 51.7 Å². The fourth-order valence-electron chi connectivity index (χ4n) is 1.89. The van der Waals surface area contributed by atoms with Crippen LogP contribution in [0.15, 0.2) is 64.2 Å². The number of amides is 1. The Labute approximate surface area is 143 Å². The Bertz CT molecular complexity index is 695. The number of carbonyl (C=O) groups excluding carboxylic acids is 1. The highest BCUT2D eigenvalue weighted by Gasteiger charge is 2.01. The summed E-state index contributed by atoms with van der Waals surface area (Å²) >= 11 is 3.38. The second-order valence-electron chi connectivity index (χ2n) is 4.90. The predicted octanol–water partition coefficient (Wildman–Crippen LogP) is 3.86. The summed E-state index contributed by atoms with van der Waals surface area (Å²) in [6.45, 7) is 0. The summed E-state index contributed by atoms with van der Waals surface area (Å²) in [7, 11) is 0. The lowest BCUT2D eigenvalue weighted by molar-refractivity contribution is -0.121. The molecule has 118 valence electrons. The van der Waals surface area contributed by atoms with Gasteiger partial charge in [-0.25, -0.2) is 5.43 Å². The van der Waals surface area contributed by atoms with Crippen molar-refractivity contribution < 1.29 is 9.90 Å². The van der Waals surface area contributed by atoms with Gasteiger partial charge in [-0.2, -0.15) is 5.10 Å². The van der Waals surface area contributed by atoms with Crippen molar-refractivity contribution in [3.05, 3.63) is 70.2 Å². The lowest BCUT2D eigenvalue weighted by Gasteiger charge is -2.01. The molecule has 2 aromatic rings. The minimum atomic E-state index is -0.158. The monoisotopic (exact) mass is 372 g/mol. The van der Waals surface area contributed by atoms with Gasteiger partial charge in [0.1, 0.15) is 5.75 Å². The average molecular weight is 373 g/mol. The summed E-state index contributed by atoms with van der Waals surface area (Å²) in [5.74, 6) is 0.0622. The van der Waals surface area contributed by atoms with Gasteiger partial charge >= 0.3 is 0 Å². The van der Waals surface area contributed by atoms with E-state index in [1.165, 1.54) is 0 Å². The van der Waals surface area contributed by atoms with Crippen molar-refractivity contribution in [2.45, 2.75) is 12.8 Å². The molecular formula is C18H17BrN2O2. The van der Waals surface area contributed by atoms with E-state index < -0.39 is 0 Å². The maximum atomic E-state index is 11.7. The second kappa shape index (κ2) is 8.90. The number of rotatable bonds is 6. The number of halogens is 1. The molecule has 0 radical (unpaired) electrons. The molecular weight excluding hydrogens is 356 g/mol. The molecule has 2 N–H and O–H groups in total. The Morgan fingerprint density at radius 3 is 2.52 bits per heavy atom. The van der Waals surface area contributed by atoms with Crippen LogP contribution >= 0.6 is 15.9 Å². The first-order chi connectivity index (χ1) is 11.1. The van der Waals surface area contributed by atoms with Gasteiger partial charge in [-0.15, -0.1) is 0 Å². The van der Waals surface area contributed by atoms with Crippen LogP contribution in [-0.4, -0.2) is 17.2 Å². The van der Waals surface area contributed by atoms with E-state index in [0.29, 0.717) is 12.8 Å². The third kappa shape index (κ3) is 6.48. The van der Waals surface area contributed by atoms with E-state index in [1.807, 2.05) is 36.4 Å². The highest BCUT2D eigenvalue weighted by Crippen LogP contribution is 2.11. The number of carbonyl (C=O) groups is 1. The molecule has 0 spiro atoms. The molecule has 2 aromatic carbocycles. The van der Waals surface area contributed by atoms with Crippen molar-refractivity contribution in [3.63, 3.8) is 0 Å². The summed E-state index contributed by atoms with van der Waals surface area (Å²) in [5, 5.41) is 13.1. The van der Waals surface area contributed by atoms with Crippen LogP contribution in [-0.2, 0) is 11.2 Å². The Hall–Kier alpha value is -2.40. The van der Waals surface area contributed by atoms with Gasteiger partial charge in [0, 0.05) is 10.9 Å². The zero-order chi connectivity index (χ0) is 16.5. The number of aromatic hydroxyl groups is 1. The Kier molecular flexibility index (Phi) is 6.56. The van der Waals surface area contributed by atoms with E-state index in [4.69, 9.17) is 0 Å². The van der Waals surface area contributed by atoms with Gasteiger partial charge < -0.3 is 5.11 Å². The molecule has 5 heteroatoms. The van der Waals surface area contributed by atoms with Crippen LogP contribution in [0.2, 0.25) is 0 Å². The number of allylic oxidation sites excluding steroid dienone is 1. The van der Waals surface area contributed by atoms with Crippen LogP contribution in [0, 0.1) is 0 Å². The fraction of sp³-hybridized carbons (Fsp3) is 0.111. The first kappa shape index (κ1) is 17.0. The Morgan fingerprint density at radius 2 is 1.83 bits per heavy atom. The molecule has 0 aliphatic heterocycles. The molecule has 0 aliphatic carbocycles. The van der Waals surface area contributed by atoms with Crippen molar-refractivity contribution in [1.29, 1.82) is 0 Å². The zero-order valence-electron chi connectivity index (χ0n) is 12.4. The first-order valence-corrected chi connectivity index (χ1v) is 7.95. The van der Waals surface area contributed by atoms with Crippen LogP contribution in [0.1, 0.15) is 17.5 Å². The molecule has 0 fully saturated rings. The lowest BCUT2D eigenvalue weighted by atomic mass is 10.1. The average Bonchev–Trinajstić information content (AvgIpc) is 2.55. The minimum Gasteiger partial charge on any atom is -0.508 e. The largest absolute Gasteiger partial charge is 0.508 e. The molecule has 0 saturated carbocycles. The number of nitrogens with one attached hydrogen (secondary N) is 1. The van der Waals surface area contributed by atoms with Crippen LogP contribution < -0.4 is 5.43 Å². The van der Waals surface area contributed by atoms with Crippen molar-refractivity contribution in [2.75, 3.05) is 0 Å². The number of phenolic OH excluding ortho intramolecular Hbond substituents is 1. The van der Waals surface area contributed by atoms with E-state index in [9.17, 15) is 9.90 Å². The number of benzene rings is 2. The highest BCUT2D eigenvalue weighted by molar-refractivity contribution is 9.12.